The minimum absolute atomic E-state index is 0.511. The van der Waals surface area contributed by atoms with Crippen LogP contribution in [0.5, 0.6) is 0 Å². The first-order valence-electron chi connectivity index (χ1n) is 5.28. The monoisotopic (exact) mass is 191 g/mol. The molecule has 0 amide bonds. The molecule has 2 N–H and O–H groups in total. The van der Waals surface area contributed by atoms with Crippen LogP contribution in [0.1, 0.15) is 30.4 Å². The van der Waals surface area contributed by atoms with E-state index in [-0.39, 0.29) is 0 Å². The summed E-state index contributed by atoms with van der Waals surface area (Å²) in [4.78, 5) is 0. The van der Waals surface area contributed by atoms with Gasteiger partial charge in [0.1, 0.15) is 0 Å². The lowest BCUT2D eigenvalue weighted by Crippen LogP contribution is -2.21. The molecule has 0 saturated heterocycles. The maximum atomic E-state index is 5.72. The minimum atomic E-state index is 0.511. The number of nitrogens with two attached hydrogens (primary N) is 1. The molecule has 0 atom stereocenters. The van der Waals surface area contributed by atoms with E-state index in [2.05, 4.69) is 12.1 Å². The topological polar surface area (TPSA) is 35.2 Å². The fourth-order valence-electron chi connectivity index (χ4n) is 1.60. The second kappa shape index (κ2) is 4.58. The first-order chi connectivity index (χ1) is 6.88. The first-order valence-corrected chi connectivity index (χ1v) is 5.28. The van der Waals surface area contributed by atoms with Crippen LogP contribution in [0.3, 0.4) is 0 Å². The van der Waals surface area contributed by atoms with Crippen LogP contribution < -0.4 is 5.73 Å². The van der Waals surface area contributed by atoms with Crippen molar-refractivity contribution in [2.45, 2.75) is 38.5 Å². The van der Waals surface area contributed by atoms with Crippen molar-refractivity contribution in [3.63, 3.8) is 0 Å². The van der Waals surface area contributed by atoms with E-state index in [1.54, 1.807) is 0 Å². The molecule has 1 saturated carbocycles. The molecule has 1 aliphatic rings. The van der Waals surface area contributed by atoms with E-state index in [1.165, 1.54) is 30.4 Å². The standard InChI is InChI=1S/C12H17NO/c13-8-10-3-1-4-11(7-10)9-14-12-5-2-6-12/h1,3-4,7,12H,2,5-6,8-9,13H2. The van der Waals surface area contributed by atoms with Crippen molar-refractivity contribution in [1.29, 1.82) is 0 Å². The molecular formula is C12H17NO. The summed E-state index contributed by atoms with van der Waals surface area (Å²) in [7, 11) is 0. The quantitative estimate of drug-likeness (QED) is 0.792. The lowest BCUT2D eigenvalue weighted by atomic mass is 9.96. The molecule has 1 aliphatic carbocycles. The SMILES string of the molecule is NCc1cccc(COC2CCC2)c1. The molecule has 1 aromatic rings. The molecule has 2 nitrogen and oxygen atoms in total. The molecule has 2 rings (SSSR count). The lowest BCUT2D eigenvalue weighted by molar-refractivity contribution is -0.00868. The predicted molar refractivity (Wildman–Crippen MR) is 56.8 cm³/mol. The fraction of sp³-hybridized carbons (Fsp3) is 0.500. The normalized spacial score (nSPS) is 16.6. The molecule has 2 heteroatoms. The van der Waals surface area contributed by atoms with Crippen LogP contribution in [-0.2, 0) is 17.9 Å². The largest absolute Gasteiger partial charge is 0.374 e. The molecule has 0 aromatic heterocycles. The molecule has 76 valence electrons. The van der Waals surface area contributed by atoms with Crippen molar-refractivity contribution < 1.29 is 4.74 Å². The molecule has 14 heavy (non-hydrogen) atoms. The molecule has 0 spiro atoms. The highest BCUT2D eigenvalue weighted by Gasteiger charge is 2.17. The van der Waals surface area contributed by atoms with Gasteiger partial charge in [-0.3, -0.25) is 0 Å². The van der Waals surface area contributed by atoms with Gasteiger partial charge in [0.05, 0.1) is 12.7 Å². The maximum absolute atomic E-state index is 5.72. The van der Waals surface area contributed by atoms with Crippen LogP contribution in [0.25, 0.3) is 0 Å². The fourth-order valence-corrected chi connectivity index (χ4v) is 1.60. The molecule has 0 bridgehead atoms. The van der Waals surface area contributed by atoms with Crippen LogP contribution in [0.4, 0.5) is 0 Å². The summed E-state index contributed by atoms with van der Waals surface area (Å²) < 4.78 is 5.72. The van der Waals surface area contributed by atoms with Gasteiger partial charge in [-0.15, -0.1) is 0 Å². The average Bonchev–Trinajstić information content (AvgIpc) is 2.16. The van der Waals surface area contributed by atoms with Gasteiger partial charge in [0.25, 0.3) is 0 Å². The van der Waals surface area contributed by atoms with E-state index in [0.717, 1.165) is 6.61 Å². The number of ether oxygens (including phenoxy) is 1. The van der Waals surface area contributed by atoms with Crippen molar-refractivity contribution in [3.05, 3.63) is 35.4 Å². The Morgan fingerprint density at radius 2 is 2.07 bits per heavy atom. The zero-order chi connectivity index (χ0) is 9.80. The van der Waals surface area contributed by atoms with Crippen LogP contribution in [0, 0.1) is 0 Å². The maximum Gasteiger partial charge on any atom is 0.0720 e. The van der Waals surface area contributed by atoms with Gasteiger partial charge in [-0.1, -0.05) is 24.3 Å². The van der Waals surface area contributed by atoms with Gasteiger partial charge in [-0.05, 0) is 30.4 Å². The third kappa shape index (κ3) is 2.34. The van der Waals surface area contributed by atoms with Gasteiger partial charge in [0.2, 0.25) is 0 Å². The zero-order valence-electron chi connectivity index (χ0n) is 8.41. The van der Waals surface area contributed by atoms with Crippen molar-refractivity contribution in [2.75, 3.05) is 0 Å². The molecule has 1 aromatic carbocycles. The summed E-state index contributed by atoms with van der Waals surface area (Å²) in [5, 5.41) is 0. The van der Waals surface area contributed by atoms with E-state index in [1.807, 2.05) is 12.1 Å². The Kier molecular flexibility index (Phi) is 3.17. The highest BCUT2D eigenvalue weighted by atomic mass is 16.5. The Bertz CT molecular complexity index is 294. The smallest absolute Gasteiger partial charge is 0.0720 e. The number of hydrogen-bond acceptors (Lipinski definition) is 2. The molecule has 0 heterocycles. The Morgan fingerprint density at radius 1 is 1.29 bits per heavy atom. The Labute approximate surface area is 85.1 Å². The van der Waals surface area contributed by atoms with Gasteiger partial charge >= 0.3 is 0 Å². The third-order valence-electron chi connectivity index (χ3n) is 2.76. The van der Waals surface area contributed by atoms with Crippen LogP contribution in [0.2, 0.25) is 0 Å². The summed E-state index contributed by atoms with van der Waals surface area (Å²) >= 11 is 0. The van der Waals surface area contributed by atoms with E-state index in [0.29, 0.717) is 12.6 Å². The van der Waals surface area contributed by atoms with Gasteiger partial charge < -0.3 is 10.5 Å². The first kappa shape index (κ1) is 9.69. The summed E-state index contributed by atoms with van der Waals surface area (Å²) in [6, 6.07) is 8.31. The van der Waals surface area contributed by atoms with Crippen LogP contribution >= 0.6 is 0 Å². The van der Waals surface area contributed by atoms with E-state index in [4.69, 9.17) is 10.5 Å². The molecular weight excluding hydrogens is 174 g/mol. The van der Waals surface area contributed by atoms with E-state index >= 15 is 0 Å². The Balaban J connectivity index is 1.87. The van der Waals surface area contributed by atoms with Gasteiger partial charge in [0, 0.05) is 6.54 Å². The van der Waals surface area contributed by atoms with Crippen LogP contribution in [0.15, 0.2) is 24.3 Å². The van der Waals surface area contributed by atoms with Crippen molar-refractivity contribution in [1.82, 2.24) is 0 Å². The highest BCUT2D eigenvalue weighted by Crippen LogP contribution is 2.23. The van der Waals surface area contributed by atoms with Gasteiger partial charge in [0.15, 0.2) is 0 Å². The molecule has 1 fully saturated rings. The summed E-state index contributed by atoms with van der Waals surface area (Å²) in [5.41, 5.74) is 7.99. The summed E-state index contributed by atoms with van der Waals surface area (Å²) in [5.74, 6) is 0. The van der Waals surface area contributed by atoms with Gasteiger partial charge in [-0.2, -0.15) is 0 Å². The van der Waals surface area contributed by atoms with Crippen molar-refractivity contribution >= 4 is 0 Å². The number of benzene rings is 1. The van der Waals surface area contributed by atoms with Gasteiger partial charge in [-0.25, -0.2) is 0 Å². The zero-order valence-corrected chi connectivity index (χ0v) is 8.41. The summed E-state index contributed by atoms with van der Waals surface area (Å²) in [6.07, 6.45) is 4.30. The highest BCUT2D eigenvalue weighted by molar-refractivity contribution is 5.22. The molecule has 0 unspecified atom stereocenters. The second-order valence-electron chi connectivity index (χ2n) is 3.89. The van der Waals surface area contributed by atoms with E-state index < -0.39 is 0 Å². The third-order valence-corrected chi connectivity index (χ3v) is 2.76. The Hall–Kier alpha value is -0.860. The second-order valence-corrected chi connectivity index (χ2v) is 3.89. The summed E-state index contributed by atoms with van der Waals surface area (Å²) in [6.45, 7) is 1.34. The molecule has 0 radical (unpaired) electrons. The van der Waals surface area contributed by atoms with E-state index in [9.17, 15) is 0 Å². The Morgan fingerprint density at radius 3 is 2.71 bits per heavy atom. The average molecular weight is 191 g/mol. The number of hydrogen-bond donors (Lipinski definition) is 1. The number of rotatable bonds is 4. The van der Waals surface area contributed by atoms with Crippen LogP contribution in [-0.4, -0.2) is 6.10 Å². The molecule has 0 aliphatic heterocycles. The minimum Gasteiger partial charge on any atom is -0.374 e. The van der Waals surface area contributed by atoms with Crippen molar-refractivity contribution in [2.24, 2.45) is 5.73 Å². The lowest BCUT2D eigenvalue weighted by Gasteiger charge is -2.25. The van der Waals surface area contributed by atoms with Crippen molar-refractivity contribution in [3.8, 4) is 0 Å². The predicted octanol–water partition coefficient (Wildman–Crippen LogP) is 2.21.